The number of fused-ring (bicyclic) bond motifs is 1. The van der Waals surface area contributed by atoms with Crippen LogP contribution in [-0.4, -0.2) is 41.7 Å². The van der Waals surface area contributed by atoms with Crippen molar-refractivity contribution < 1.29 is 28.3 Å². The minimum Gasteiger partial charge on any atom is -0.457 e. The molecular weight excluding hydrogens is 399 g/mol. The molecule has 29 heavy (non-hydrogen) atoms. The lowest BCUT2D eigenvalue weighted by Crippen LogP contribution is -2.18. The summed E-state index contributed by atoms with van der Waals surface area (Å²) in [5, 5.41) is 5.08. The number of esters is 1. The first-order valence-corrected chi connectivity index (χ1v) is 9.81. The van der Waals surface area contributed by atoms with Gasteiger partial charge in [0.2, 0.25) is 11.8 Å². The van der Waals surface area contributed by atoms with Crippen LogP contribution in [0.15, 0.2) is 42.5 Å². The monoisotopic (exact) mass is 416 g/mol. The summed E-state index contributed by atoms with van der Waals surface area (Å²) in [7, 11) is 0. The number of hydrogen-bond acceptors (Lipinski definition) is 6. The molecule has 0 unspecified atom stereocenters. The predicted molar refractivity (Wildman–Crippen MR) is 106 cm³/mol. The molecule has 0 radical (unpaired) electrons. The largest absolute Gasteiger partial charge is 0.457 e. The Balaban J connectivity index is 1.38. The third kappa shape index (κ3) is 5.64. The smallest absolute Gasteiger partial charge is 0.316 e. The molecule has 7 nitrogen and oxygen atoms in total. The van der Waals surface area contributed by atoms with Crippen LogP contribution < -0.4 is 10.6 Å². The van der Waals surface area contributed by atoms with Crippen molar-refractivity contribution in [2.45, 2.75) is 6.42 Å². The van der Waals surface area contributed by atoms with Crippen LogP contribution in [0.3, 0.4) is 0 Å². The molecule has 2 aromatic rings. The second-order valence-electron chi connectivity index (χ2n) is 6.20. The third-order valence-corrected chi connectivity index (χ3v) is 4.92. The molecule has 2 aromatic carbocycles. The van der Waals surface area contributed by atoms with Gasteiger partial charge in [0, 0.05) is 11.3 Å². The van der Waals surface area contributed by atoms with Gasteiger partial charge in [-0.15, -0.1) is 11.8 Å². The number of carbonyl (C=O) groups is 4. The normalized spacial score (nSPS) is 12.1. The van der Waals surface area contributed by atoms with E-state index in [1.54, 1.807) is 24.3 Å². The Morgan fingerprint density at radius 2 is 1.93 bits per heavy atom. The van der Waals surface area contributed by atoms with Gasteiger partial charge >= 0.3 is 5.97 Å². The number of rotatable bonds is 8. The van der Waals surface area contributed by atoms with Gasteiger partial charge in [-0.25, -0.2) is 4.39 Å². The summed E-state index contributed by atoms with van der Waals surface area (Å²) >= 11 is 0.992. The maximum atomic E-state index is 13.5. The molecule has 9 heteroatoms. The fourth-order valence-electron chi connectivity index (χ4n) is 2.65. The molecule has 0 bridgehead atoms. The zero-order chi connectivity index (χ0) is 20.8. The van der Waals surface area contributed by atoms with Crippen LogP contribution in [0.1, 0.15) is 15.9 Å². The van der Waals surface area contributed by atoms with Gasteiger partial charge in [-0.3, -0.25) is 19.2 Å². The summed E-state index contributed by atoms with van der Waals surface area (Å²) in [6, 6.07) is 10.6. The fraction of sp³-hybridized carbons (Fsp3) is 0.200. The Hall–Kier alpha value is -3.20. The predicted octanol–water partition coefficient (Wildman–Crippen LogP) is 2.42. The lowest BCUT2D eigenvalue weighted by Gasteiger charge is -2.07. The molecule has 0 aliphatic carbocycles. The Bertz CT molecular complexity index is 979. The Morgan fingerprint density at radius 3 is 2.72 bits per heavy atom. The first kappa shape index (κ1) is 20.5. The fourth-order valence-corrected chi connectivity index (χ4v) is 3.26. The molecule has 1 aliphatic rings. The van der Waals surface area contributed by atoms with E-state index in [0.717, 1.165) is 17.3 Å². The van der Waals surface area contributed by atoms with E-state index in [2.05, 4.69) is 10.6 Å². The van der Waals surface area contributed by atoms with Crippen LogP contribution in [0.5, 0.6) is 0 Å². The first-order chi connectivity index (χ1) is 13.9. The van der Waals surface area contributed by atoms with Crippen molar-refractivity contribution in [1.82, 2.24) is 0 Å². The molecule has 1 heterocycles. The average Bonchev–Trinajstić information content (AvgIpc) is 3.07. The third-order valence-electron chi connectivity index (χ3n) is 4.02. The zero-order valence-corrected chi connectivity index (χ0v) is 16.0. The molecular formula is C20H17FN2O5S. The van der Waals surface area contributed by atoms with Crippen molar-refractivity contribution in [3.05, 3.63) is 59.4 Å². The highest BCUT2D eigenvalue weighted by Gasteiger charge is 2.19. The van der Waals surface area contributed by atoms with E-state index in [0.29, 0.717) is 11.3 Å². The molecule has 0 aromatic heterocycles. The molecule has 0 atom stereocenters. The van der Waals surface area contributed by atoms with E-state index in [1.165, 1.54) is 18.2 Å². The van der Waals surface area contributed by atoms with Gasteiger partial charge < -0.3 is 15.4 Å². The Morgan fingerprint density at radius 1 is 1.14 bits per heavy atom. The molecule has 0 spiro atoms. The van der Waals surface area contributed by atoms with Crippen molar-refractivity contribution >= 4 is 46.7 Å². The average molecular weight is 416 g/mol. The molecule has 1 aliphatic heterocycles. The molecule has 3 rings (SSSR count). The lowest BCUT2D eigenvalue weighted by molar-refractivity contribution is -0.139. The highest BCUT2D eigenvalue weighted by atomic mass is 32.2. The second-order valence-corrected chi connectivity index (χ2v) is 7.19. The van der Waals surface area contributed by atoms with Crippen LogP contribution in [0.2, 0.25) is 0 Å². The number of ketones is 1. The van der Waals surface area contributed by atoms with Crippen molar-refractivity contribution in [2.24, 2.45) is 0 Å². The van der Waals surface area contributed by atoms with Crippen molar-refractivity contribution in [2.75, 3.05) is 28.7 Å². The summed E-state index contributed by atoms with van der Waals surface area (Å²) in [6.07, 6.45) is 0.210. The molecule has 0 saturated heterocycles. The second kappa shape index (κ2) is 9.33. The number of halogens is 1. The van der Waals surface area contributed by atoms with Gasteiger partial charge in [0.05, 0.1) is 23.6 Å². The number of amides is 2. The van der Waals surface area contributed by atoms with Crippen LogP contribution in [0.25, 0.3) is 0 Å². The van der Waals surface area contributed by atoms with E-state index >= 15 is 0 Å². The molecule has 150 valence electrons. The molecule has 0 saturated carbocycles. The summed E-state index contributed by atoms with van der Waals surface area (Å²) in [5.41, 5.74) is 1.82. The van der Waals surface area contributed by atoms with Crippen LogP contribution in [0.4, 0.5) is 15.8 Å². The van der Waals surface area contributed by atoms with Gasteiger partial charge in [-0.05, 0) is 35.9 Å². The number of ether oxygens (including phenoxy) is 1. The lowest BCUT2D eigenvalue weighted by atomic mass is 10.1. The van der Waals surface area contributed by atoms with Gasteiger partial charge in [0.15, 0.2) is 12.4 Å². The van der Waals surface area contributed by atoms with Gasteiger partial charge in [0.1, 0.15) is 5.82 Å². The highest BCUT2D eigenvalue weighted by molar-refractivity contribution is 8.00. The van der Waals surface area contributed by atoms with E-state index in [9.17, 15) is 23.6 Å². The molecule has 2 N–H and O–H groups in total. The number of carbonyl (C=O) groups excluding carboxylic acids is 4. The standard InChI is InChI=1S/C20H17FN2O5S/c21-14-3-1-2-4-16(14)23-19(26)10-29-11-20(27)28-9-17(24)12-5-6-15-13(7-12)8-18(25)22-15/h1-7H,8-11H2,(H,22,25)(H,23,26). The minimum atomic E-state index is -0.639. The van der Waals surface area contributed by atoms with E-state index in [4.69, 9.17) is 4.74 Å². The molecule has 0 fully saturated rings. The van der Waals surface area contributed by atoms with Crippen LogP contribution >= 0.6 is 11.8 Å². The quantitative estimate of drug-likeness (QED) is 0.506. The number of thioether (sulfide) groups is 1. The van der Waals surface area contributed by atoms with Gasteiger partial charge in [-0.1, -0.05) is 12.1 Å². The maximum Gasteiger partial charge on any atom is 0.316 e. The van der Waals surface area contributed by atoms with Crippen molar-refractivity contribution in [1.29, 1.82) is 0 Å². The summed E-state index contributed by atoms with van der Waals surface area (Å²) in [4.78, 5) is 47.0. The zero-order valence-electron chi connectivity index (χ0n) is 15.2. The topological polar surface area (TPSA) is 102 Å². The van der Waals surface area contributed by atoms with Crippen LogP contribution in [-0.2, 0) is 25.5 Å². The van der Waals surface area contributed by atoms with Gasteiger partial charge in [-0.2, -0.15) is 0 Å². The van der Waals surface area contributed by atoms with Crippen molar-refractivity contribution in [3.63, 3.8) is 0 Å². The number of benzene rings is 2. The van der Waals surface area contributed by atoms with E-state index in [-0.39, 0.29) is 35.3 Å². The van der Waals surface area contributed by atoms with E-state index in [1.807, 2.05) is 0 Å². The number of nitrogens with one attached hydrogen (secondary N) is 2. The number of hydrogen-bond donors (Lipinski definition) is 2. The highest BCUT2D eigenvalue weighted by Crippen LogP contribution is 2.24. The maximum absolute atomic E-state index is 13.5. The number of Topliss-reactive ketones (excluding diaryl/α,β-unsaturated/α-hetero) is 1. The van der Waals surface area contributed by atoms with Gasteiger partial charge in [0.25, 0.3) is 0 Å². The van der Waals surface area contributed by atoms with E-state index < -0.39 is 24.3 Å². The number of para-hydroxylation sites is 1. The minimum absolute atomic E-state index is 0.0662. The van der Waals surface area contributed by atoms with Crippen molar-refractivity contribution in [3.8, 4) is 0 Å². The van der Waals surface area contributed by atoms with Crippen LogP contribution in [0, 0.1) is 5.82 Å². The first-order valence-electron chi connectivity index (χ1n) is 8.66. The summed E-state index contributed by atoms with van der Waals surface area (Å²) in [6.45, 7) is -0.430. The Kier molecular flexibility index (Phi) is 6.61. The summed E-state index contributed by atoms with van der Waals surface area (Å²) < 4.78 is 18.4. The Labute approximate surface area is 170 Å². The summed E-state index contributed by atoms with van der Waals surface area (Å²) in [5.74, 6) is -2.35. The SMILES string of the molecule is O=C(CSCC(=O)OCC(=O)c1ccc2c(c1)CC(=O)N2)Nc1ccccc1F. The molecule has 2 amide bonds. The number of anilines is 2.